The van der Waals surface area contributed by atoms with E-state index < -0.39 is 9.84 Å². The van der Waals surface area contributed by atoms with Crippen molar-refractivity contribution in [3.63, 3.8) is 0 Å². The molecule has 1 fully saturated rings. The fraction of sp³-hybridized carbons (Fsp3) is 0.462. The highest BCUT2D eigenvalue weighted by molar-refractivity contribution is 7.92. The van der Waals surface area contributed by atoms with Crippen LogP contribution in [0.3, 0.4) is 0 Å². The van der Waals surface area contributed by atoms with Crippen LogP contribution >= 0.6 is 12.2 Å². The lowest BCUT2D eigenvalue weighted by atomic mass is 10.2. The van der Waals surface area contributed by atoms with Gasteiger partial charge in [-0.1, -0.05) is 6.07 Å². The third kappa shape index (κ3) is 2.23. The molecular formula is C13H16N2O2S2. The molecule has 1 atom stereocenters. The van der Waals surface area contributed by atoms with E-state index >= 15 is 0 Å². The lowest BCUT2D eigenvalue weighted by Gasteiger charge is -2.11. The minimum Gasteiger partial charge on any atom is -0.331 e. The Kier molecular flexibility index (Phi) is 3.02. The third-order valence-corrected chi connectivity index (χ3v) is 6.36. The fourth-order valence-corrected chi connectivity index (χ4v) is 4.81. The van der Waals surface area contributed by atoms with E-state index in [4.69, 9.17) is 12.2 Å². The molecule has 3 rings (SSSR count). The first-order chi connectivity index (χ1) is 8.97. The lowest BCUT2D eigenvalue weighted by Crippen LogP contribution is -2.22. The van der Waals surface area contributed by atoms with Crippen molar-refractivity contribution >= 4 is 33.1 Å². The molecule has 19 heavy (non-hydrogen) atoms. The second-order valence-corrected chi connectivity index (χ2v) is 7.98. The SMILES string of the molecule is Cc1ccc2c(c1)[nH]c(=S)n2CC1CCCS1(=O)=O. The molecule has 1 aliphatic heterocycles. The van der Waals surface area contributed by atoms with Crippen LogP contribution in [-0.4, -0.2) is 29.0 Å². The monoisotopic (exact) mass is 296 g/mol. The molecule has 4 nitrogen and oxygen atoms in total. The van der Waals surface area contributed by atoms with Gasteiger partial charge in [0.05, 0.1) is 22.0 Å². The van der Waals surface area contributed by atoms with Gasteiger partial charge in [-0.25, -0.2) is 8.42 Å². The second-order valence-electron chi connectivity index (χ2n) is 5.19. The number of H-pyrrole nitrogens is 1. The Balaban J connectivity index is 2.06. The average Bonchev–Trinajstić information content (AvgIpc) is 2.80. The molecule has 2 heterocycles. The highest BCUT2D eigenvalue weighted by Crippen LogP contribution is 2.24. The third-order valence-electron chi connectivity index (χ3n) is 3.78. The molecule has 102 valence electrons. The predicted octanol–water partition coefficient (Wildman–Crippen LogP) is 2.58. The number of nitrogens with one attached hydrogen (secondary N) is 1. The Labute approximate surface area is 117 Å². The number of nitrogens with zero attached hydrogens (tertiary/aromatic N) is 1. The molecule has 0 saturated carbocycles. The number of sulfone groups is 1. The molecule has 2 aromatic rings. The van der Waals surface area contributed by atoms with Crippen molar-refractivity contribution in [2.24, 2.45) is 0 Å². The molecule has 0 aliphatic carbocycles. The van der Waals surface area contributed by atoms with Gasteiger partial charge in [-0.15, -0.1) is 0 Å². The summed E-state index contributed by atoms with van der Waals surface area (Å²) in [5, 5.41) is -0.292. The zero-order valence-electron chi connectivity index (χ0n) is 10.7. The molecule has 6 heteroatoms. The highest BCUT2D eigenvalue weighted by atomic mass is 32.2. The van der Waals surface area contributed by atoms with Crippen molar-refractivity contribution in [3.05, 3.63) is 28.5 Å². The Morgan fingerprint density at radius 3 is 2.95 bits per heavy atom. The molecule has 1 aliphatic rings. The number of aryl methyl sites for hydroxylation is 1. The van der Waals surface area contributed by atoms with E-state index in [0.717, 1.165) is 29.4 Å². The quantitative estimate of drug-likeness (QED) is 0.867. The first-order valence-corrected chi connectivity index (χ1v) is 8.50. The van der Waals surface area contributed by atoms with E-state index in [-0.39, 0.29) is 5.25 Å². The van der Waals surface area contributed by atoms with Gasteiger partial charge in [0.1, 0.15) is 0 Å². The summed E-state index contributed by atoms with van der Waals surface area (Å²) in [4.78, 5) is 3.15. The summed E-state index contributed by atoms with van der Waals surface area (Å²) in [5.41, 5.74) is 3.11. The summed E-state index contributed by atoms with van der Waals surface area (Å²) in [6, 6.07) is 6.05. The topological polar surface area (TPSA) is 54.9 Å². The van der Waals surface area contributed by atoms with E-state index in [9.17, 15) is 8.42 Å². The van der Waals surface area contributed by atoms with Crippen LogP contribution in [0.5, 0.6) is 0 Å². The predicted molar refractivity (Wildman–Crippen MR) is 78.7 cm³/mol. The van der Waals surface area contributed by atoms with Gasteiger partial charge in [-0.2, -0.15) is 0 Å². The van der Waals surface area contributed by atoms with Crippen molar-refractivity contribution in [2.75, 3.05) is 5.75 Å². The number of benzene rings is 1. The molecular weight excluding hydrogens is 280 g/mol. The normalized spacial score (nSPS) is 22.1. The summed E-state index contributed by atoms with van der Waals surface area (Å²) >= 11 is 5.32. The lowest BCUT2D eigenvalue weighted by molar-refractivity contribution is 0.568. The number of rotatable bonds is 2. The van der Waals surface area contributed by atoms with E-state index in [1.165, 1.54) is 0 Å². The summed E-state index contributed by atoms with van der Waals surface area (Å²) in [6.07, 6.45) is 1.50. The van der Waals surface area contributed by atoms with Crippen LogP contribution in [0.4, 0.5) is 0 Å². The van der Waals surface area contributed by atoms with Gasteiger partial charge >= 0.3 is 0 Å². The maximum absolute atomic E-state index is 11.9. The van der Waals surface area contributed by atoms with Gasteiger partial charge in [0.25, 0.3) is 0 Å². The molecule has 1 saturated heterocycles. The van der Waals surface area contributed by atoms with E-state index in [2.05, 4.69) is 4.98 Å². The highest BCUT2D eigenvalue weighted by Gasteiger charge is 2.31. The molecule has 0 spiro atoms. The van der Waals surface area contributed by atoms with Crippen molar-refractivity contribution in [2.45, 2.75) is 31.6 Å². The molecule has 1 aromatic heterocycles. The molecule has 1 N–H and O–H groups in total. The van der Waals surface area contributed by atoms with Crippen LogP contribution in [0.1, 0.15) is 18.4 Å². The van der Waals surface area contributed by atoms with Crippen LogP contribution in [0.15, 0.2) is 18.2 Å². The first-order valence-electron chi connectivity index (χ1n) is 6.38. The standard InChI is InChI=1S/C13H16N2O2S2/c1-9-4-5-12-11(7-9)14-13(18)15(12)8-10-3-2-6-19(10,16)17/h4-5,7,10H,2-3,6,8H2,1H3,(H,14,18). The molecule has 0 radical (unpaired) electrons. The van der Waals surface area contributed by atoms with Crippen LogP contribution in [-0.2, 0) is 16.4 Å². The first kappa shape index (κ1) is 12.9. The Morgan fingerprint density at radius 2 is 2.26 bits per heavy atom. The Morgan fingerprint density at radius 1 is 1.47 bits per heavy atom. The van der Waals surface area contributed by atoms with Crippen LogP contribution in [0.2, 0.25) is 0 Å². The summed E-state index contributed by atoms with van der Waals surface area (Å²) in [7, 11) is -2.94. The van der Waals surface area contributed by atoms with Gasteiger partial charge in [0, 0.05) is 6.54 Å². The zero-order chi connectivity index (χ0) is 13.6. The molecule has 0 bridgehead atoms. The summed E-state index contributed by atoms with van der Waals surface area (Å²) in [6.45, 7) is 2.49. The number of imidazole rings is 1. The number of hydrogen-bond donors (Lipinski definition) is 1. The Hall–Kier alpha value is -1.14. The summed E-state index contributed by atoms with van der Waals surface area (Å²) < 4.78 is 26.4. The van der Waals surface area contributed by atoms with E-state index in [0.29, 0.717) is 17.1 Å². The second kappa shape index (κ2) is 4.45. The molecule has 0 amide bonds. The van der Waals surface area contributed by atoms with E-state index in [1.807, 2.05) is 29.7 Å². The van der Waals surface area contributed by atoms with Crippen LogP contribution < -0.4 is 0 Å². The zero-order valence-corrected chi connectivity index (χ0v) is 12.4. The number of aromatic amines is 1. The minimum atomic E-state index is -2.94. The average molecular weight is 296 g/mol. The van der Waals surface area contributed by atoms with E-state index in [1.54, 1.807) is 0 Å². The van der Waals surface area contributed by atoms with Gasteiger partial charge < -0.3 is 9.55 Å². The number of aromatic nitrogens is 2. The summed E-state index contributed by atoms with van der Waals surface area (Å²) in [5.74, 6) is 0.312. The minimum absolute atomic E-state index is 0.292. The van der Waals surface area contributed by atoms with Crippen molar-refractivity contribution < 1.29 is 8.42 Å². The van der Waals surface area contributed by atoms with Gasteiger partial charge in [-0.05, 0) is 49.7 Å². The van der Waals surface area contributed by atoms with Crippen molar-refractivity contribution in [3.8, 4) is 0 Å². The fourth-order valence-electron chi connectivity index (χ4n) is 2.73. The van der Waals surface area contributed by atoms with Crippen molar-refractivity contribution in [1.29, 1.82) is 0 Å². The van der Waals surface area contributed by atoms with Gasteiger partial charge in [-0.3, -0.25) is 0 Å². The van der Waals surface area contributed by atoms with Crippen LogP contribution in [0.25, 0.3) is 11.0 Å². The van der Waals surface area contributed by atoms with Crippen molar-refractivity contribution in [1.82, 2.24) is 9.55 Å². The van der Waals surface area contributed by atoms with Gasteiger partial charge in [0.15, 0.2) is 14.6 Å². The Bertz CT molecular complexity index is 787. The van der Waals surface area contributed by atoms with Gasteiger partial charge in [0.2, 0.25) is 0 Å². The maximum atomic E-state index is 11.9. The molecule has 1 unspecified atom stereocenters. The number of fused-ring (bicyclic) bond motifs is 1. The maximum Gasteiger partial charge on any atom is 0.178 e. The largest absolute Gasteiger partial charge is 0.331 e. The number of hydrogen-bond acceptors (Lipinski definition) is 3. The molecule has 1 aromatic carbocycles. The smallest absolute Gasteiger partial charge is 0.178 e. The van der Waals surface area contributed by atoms with Crippen LogP contribution in [0, 0.1) is 11.7 Å².